The molecule has 11 heavy (non-hydrogen) atoms. The Morgan fingerprint density at radius 3 is 2.45 bits per heavy atom. The van der Waals surface area contributed by atoms with E-state index in [2.05, 4.69) is 6.92 Å². The van der Waals surface area contributed by atoms with Crippen molar-refractivity contribution >= 4 is 18.3 Å². The minimum absolute atomic E-state index is 0. The summed E-state index contributed by atoms with van der Waals surface area (Å²) in [5, 5.41) is 0. The number of nitrogens with zero attached hydrogens (tertiary/aromatic N) is 1. The van der Waals surface area contributed by atoms with Gasteiger partial charge in [-0.2, -0.15) is 0 Å². The number of likely N-dealkylation sites (tertiary alicyclic amines) is 1. The molecule has 3 heteroatoms. The van der Waals surface area contributed by atoms with E-state index in [0.717, 1.165) is 13.0 Å². The highest BCUT2D eigenvalue weighted by molar-refractivity contribution is 5.85. The van der Waals surface area contributed by atoms with E-state index in [9.17, 15) is 4.79 Å². The van der Waals surface area contributed by atoms with Crippen molar-refractivity contribution in [3.8, 4) is 0 Å². The standard InChI is InChI=1S/C8H15NO.ClH/c1-6-4-7(2)8(10)9(3)5-6;/h6-7H,4-5H2,1-3H3;1H. The van der Waals surface area contributed by atoms with Crippen molar-refractivity contribution in [3.05, 3.63) is 0 Å². The summed E-state index contributed by atoms with van der Waals surface area (Å²) in [4.78, 5) is 13.0. The van der Waals surface area contributed by atoms with E-state index in [0.29, 0.717) is 11.8 Å². The molecule has 0 aromatic carbocycles. The molecule has 1 heterocycles. The molecule has 0 aliphatic carbocycles. The zero-order valence-electron chi connectivity index (χ0n) is 7.33. The second-order valence-corrected chi connectivity index (χ2v) is 3.46. The van der Waals surface area contributed by atoms with Crippen LogP contribution in [0.4, 0.5) is 0 Å². The molecule has 2 atom stereocenters. The number of piperidine rings is 1. The lowest BCUT2D eigenvalue weighted by Crippen LogP contribution is -2.40. The Kier molecular flexibility index (Phi) is 3.87. The summed E-state index contributed by atoms with van der Waals surface area (Å²) in [5.41, 5.74) is 0. The first-order valence-corrected chi connectivity index (χ1v) is 3.86. The predicted octanol–water partition coefficient (Wildman–Crippen LogP) is 1.54. The van der Waals surface area contributed by atoms with E-state index in [-0.39, 0.29) is 18.3 Å². The monoisotopic (exact) mass is 177 g/mol. The lowest BCUT2D eigenvalue weighted by atomic mass is 9.92. The maximum atomic E-state index is 11.2. The first-order chi connectivity index (χ1) is 4.61. The third-order valence-corrected chi connectivity index (χ3v) is 2.14. The number of hydrogen-bond donors (Lipinski definition) is 0. The smallest absolute Gasteiger partial charge is 0.225 e. The summed E-state index contributed by atoms with van der Waals surface area (Å²) >= 11 is 0. The van der Waals surface area contributed by atoms with E-state index in [1.807, 2.05) is 18.9 Å². The highest BCUT2D eigenvalue weighted by atomic mass is 35.5. The number of amides is 1. The molecule has 0 radical (unpaired) electrons. The van der Waals surface area contributed by atoms with Crippen LogP contribution >= 0.6 is 12.4 Å². The molecule has 0 bridgehead atoms. The lowest BCUT2D eigenvalue weighted by Gasteiger charge is -2.31. The second kappa shape index (κ2) is 3.96. The third-order valence-electron chi connectivity index (χ3n) is 2.14. The van der Waals surface area contributed by atoms with Crippen LogP contribution < -0.4 is 0 Å². The number of carbonyl (C=O) groups is 1. The van der Waals surface area contributed by atoms with Crippen LogP contribution in [0.2, 0.25) is 0 Å². The van der Waals surface area contributed by atoms with Crippen LogP contribution in [-0.4, -0.2) is 24.4 Å². The van der Waals surface area contributed by atoms with Gasteiger partial charge in [0.15, 0.2) is 0 Å². The highest BCUT2D eigenvalue weighted by Gasteiger charge is 2.26. The van der Waals surface area contributed by atoms with Crippen molar-refractivity contribution in [1.82, 2.24) is 4.90 Å². The van der Waals surface area contributed by atoms with Crippen LogP contribution in [0.3, 0.4) is 0 Å². The Hall–Kier alpha value is -0.240. The van der Waals surface area contributed by atoms with Crippen molar-refractivity contribution in [2.24, 2.45) is 11.8 Å². The van der Waals surface area contributed by atoms with Gasteiger partial charge >= 0.3 is 0 Å². The summed E-state index contributed by atoms with van der Waals surface area (Å²) in [7, 11) is 1.88. The third kappa shape index (κ3) is 2.37. The zero-order valence-corrected chi connectivity index (χ0v) is 8.15. The minimum atomic E-state index is 0. The first-order valence-electron chi connectivity index (χ1n) is 3.86. The Morgan fingerprint density at radius 1 is 1.45 bits per heavy atom. The molecule has 0 aromatic heterocycles. The summed E-state index contributed by atoms with van der Waals surface area (Å²) < 4.78 is 0. The van der Waals surface area contributed by atoms with Gasteiger partial charge in [0.2, 0.25) is 5.91 Å². The van der Waals surface area contributed by atoms with Gasteiger partial charge in [-0.05, 0) is 12.3 Å². The van der Waals surface area contributed by atoms with Gasteiger partial charge in [-0.1, -0.05) is 13.8 Å². The molecule has 2 nitrogen and oxygen atoms in total. The molecule has 1 amide bonds. The van der Waals surface area contributed by atoms with Gasteiger partial charge in [-0.25, -0.2) is 0 Å². The van der Waals surface area contributed by atoms with E-state index >= 15 is 0 Å². The van der Waals surface area contributed by atoms with Crippen molar-refractivity contribution in [1.29, 1.82) is 0 Å². The van der Waals surface area contributed by atoms with Gasteiger partial charge in [0, 0.05) is 19.5 Å². The van der Waals surface area contributed by atoms with Gasteiger partial charge in [0.25, 0.3) is 0 Å². The Bertz CT molecular complexity index is 135. The van der Waals surface area contributed by atoms with Gasteiger partial charge < -0.3 is 4.90 Å². The minimum Gasteiger partial charge on any atom is -0.345 e. The SMILES string of the molecule is CC1CC(C)C(=O)N(C)C1.Cl. The maximum absolute atomic E-state index is 11.2. The van der Waals surface area contributed by atoms with Gasteiger partial charge in [-0.15, -0.1) is 12.4 Å². The van der Waals surface area contributed by atoms with Crippen LogP contribution in [0.25, 0.3) is 0 Å². The summed E-state index contributed by atoms with van der Waals surface area (Å²) in [5.74, 6) is 1.23. The van der Waals surface area contributed by atoms with Gasteiger partial charge in [0.05, 0.1) is 0 Å². The van der Waals surface area contributed by atoms with Gasteiger partial charge in [0.1, 0.15) is 0 Å². The molecule has 1 aliphatic rings. The number of carbonyl (C=O) groups excluding carboxylic acids is 1. The first kappa shape index (κ1) is 10.8. The lowest BCUT2D eigenvalue weighted by molar-refractivity contribution is -0.137. The van der Waals surface area contributed by atoms with Crippen LogP contribution in [-0.2, 0) is 4.79 Å². The molecule has 0 saturated carbocycles. The predicted molar refractivity (Wildman–Crippen MR) is 47.8 cm³/mol. The topological polar surface area (TPSA) is 20.3 Å². The molecule has 66 valence electrons. The van der Waals surface area contributed by atoms with Crippen LogP contribution in [0.15, 0.2) is 0 Å². The van der Waals surface area contributed by atoms with Gasteiger partial charge in [-0.3, -0.25) is 4.79 Å². The molecule has 1 rings (SSSR count). The number of halogens is 1. The molecule has 0 aromatic rings. The van der Waals surface area contributed by atoms with Crippen LogP contribution in [0.1, 0.15) is 20.3 Å². The second-order valence-electron chi connectivity index (χ2n) is 3.46. The highest BCUT2D eigenvalue weighted by Crippen LogP contribution is 2.20. The quantitative estimate of drug-likeness (QED) is 0.550. The van der Waals surface area contributed by atoms with Crippen LogP contribution in [0, 0.1) is 11.8 Å². The molecule has 1 aliphatic heterocycles. The average Bonchev–Trinajstić information content (AvgIpc) is 1.82. The van der Waals surface area contributed by atoms with Crippen molar-refractivity contribution in [2.45, 2.75) is 20.3 Å². The van der Waals surface area contributed by atoms with Crippen molar-refractivity contribution < 1.29 is 4.79 Å². The molecule has 1 saturated heterocycles. The molecular weight excluding hydrogens is 162 g/mol. The molecular formula is C8H16ClNO. The van der Waals surface area contributed by atoms with E-state index < -0.39 is 0 Å². The molecule has 1 fully saturated rings. The zero-order chi connectivity index (χ0) is 7.72. The van der Waals surface area contributed by atoms with Crippen molar-refractivity contribution in [3.63, 3.8) is 0 Å². The van der Waals surface area contributed by atoms with E-state index in [1.165, 1.54) is 0 Å². The summed E-state index contributed by atoms with van der Waals surface area (Å²) in [6.45, 7) is 5.14. The molecule has 2 unspecified atom stereocenters. The summed E-state index contributed by atoms with van der Waals surface area (Å²) in [6, 6.07) is 0. The molecule has 0 spiro atoms. The fraction of sp³-hybridized carbons (Fsp3) is 0.875. The van der Waals surface area contributed by atoms with Crippen molar-refractivity contribution in [2.75, 3.05) is 13.6 Å². The average molecular weight is 178 g/mol. The largest absolute Gasteiger partial charge is 0.345 e. The Balaban J connectivity index is 0.000001000. The number of rotatable bonds is 0. The Morgan fingerprint density at radius 2 is 2.00 bits per heavy atom. The Labute approximate surface area is 74.4 Å². The normalized spacial score (nSPS) is 31.5. The summed E-state index contributed by atoms with van der Waals surface area (Å²) in [6.07, 6.45) is 1.06. The maximum Gasteiger partial charge on any atom is 0.225 e. The van der Waals surface area contributed by atoms with E-state index in [1.54, 1.807) is 0 Å². The van der Waals surface area contributed by atoms with E-state index in [4.69, 9.17) is 0 Å². The fourth-order valence-corrected chi connectivity index (χ4v) is 1.71. The fourth-order valence-electron chi connectivity index (χ4n) is 1.71. The van der Waals surface area contributed by atoms with Crippen LogP contribution in [0.5, 0.6) is 0 Å². The molecule has 0 N–H and O–H groups in total. The number of hydrogen-bond acceptors (Lipinski definition) is 1.